The minimum absolute atomic E-state index is 0.303. The van der Waals surface area contributed by atoms with Crippen molar-refractivity contribution in [3.63, 3.8) is 0 Å². The molecule has 5 rings (SSSR count). The Labute approximate surface area is 195 Å². The molecule has 3 aromatic heterocycles. The predicted molar refractivity (Wildman–Crippen MR) is 129 cm³/mol. The minimum atomic E-state index is -0.359. The van der Waals surface area contributed by atoms with Crippen LogP contribution in [0.5, 0.6) is 0 Å². The standard InChI is InChI=1S/C26H19ClFN5/c1-16(21-10-19(2-4-24(21)28)20-12-30-15-31-13-20)33-26-22-11-18(17-6-8-29-9-7-17)3-5-25(22)32-14-23(26)27/h2-16H,1H3,(H,32,33). The van der Waals surface area contributed by atoms with Gasteiger partial charge in [0.25, 0.3) is 0 Å². The number of anilines is 1. The van der Waals surface area contributed by atoms with Crippen molar-refractivity contribution in [3.05, 3.63) is 102 Å². The molecule has 3 heterocycles. The van der Waals surface area contributed by atoms with E-state index in [4.69, 9.17) is 11.6 Å². The second kappa shape index (κ2) is 8.92. The maximum Gasteiger partial charge on any atom is 0.128 e. The van der Waals surface area contributed by atoms with Crippen LogP contribution in [0.25, 0.3) is 33.2 Å². The van der Waals surface area contributed by atoms with Crippen LogP contribution < -0.4 is 5.32 Å². The Morgan fingerprint density at radius 2 is 1.55 bits per heavy atom. The Bertz CT molecular complexity index is 1430. The van der Waals surface area contributed by atoms with Gasteiger partial charge in [-0.15, -0.1) is 0 Å². The second-order valence-electron chi connectivity index (χ2n) is 7.68. The smallest absolute Gasteiger partial charge is 0.128 e. The summed E-state index contributed by atoms with van der Waals surface area (Å²) in [5, 5.41) is 4.74. The minimum Gasteiger partial charge on any atom is -0.377 e. The predicted octanol–water partition coefficient (Wildman–Crippen LogP) is 6.72. The zero-order valence-corrected chi connectivity index (χ0v) is 18.5. The van der Waals surface area contributed by atoms with Gasteiger partial charge in [0.15, 0.2) is 0 Å². The lowest BCUT2D eigenvalue weighted by molar-refractivity contribution is 0.600. The lowest BCUT2D eigenvalue weighted by atomic mass is 10.00. The Kier molecular flexibility index (Phi) is 5.67. The van der Waals surface area contributed by atoms with E-state index in [1.165, 1.54) is 12.4 Å². The van der Waals surface area contributed by atoms with Crippen molar-refractivity contribution < 1.29 is 4.39 Å². The van der Waals surface area contributed by atoms with Gasteiger partial charge >= 0.3 is 0 Å². The monoisotopic (exact) mass is 455 g/mol. The summed E-state index contributed by atoms with van der Waals surface area (Å²) in [5.41, 5.74) is 5.73. The molecule has 0 saturated heterocycles. The van der Waals surface area contributed by atoms with Gasteiger partial charge in [-0.05, 0) is 60.0 Å². The van der Waals surface area contributed by atoms with E-state index in [0.717, 1.165) is 33.2 Å². The van der Waals surface area contributed by atoms with Gasteiger partial charge in [-0.25, -0.2) is 14.4 Å². The van der Waals surface area contributed by atoms with Gasteiger partial charge < -0.3 is 5.32 Å². The lowest BCUT2D eigenvalue weighted by Gasteiger charge is -2.20. The highest BCUT2D eigenvalue weighted by Crippen LogP contribution is 2.36. The Hall–Kier alpha value is -3.90. The van der Waals surface area contributed by atoms with Crippen LogP contribution in [0, 0.1) is 5.82 Å². The maximum absolute atomic E-state index is 14.8. The summed E-state index contributed by atoms with van der Waals surface area (Å²) >= 11 is 6.55. The van der Waals surface area contributed by atoms with Crippen molar-refractivity contribution in [2.24, 2.45) is 0 Å². The SMILES string of the molecule is CC(Nc1c(Cl)cnc2ccc(-c3ccncc3)cc12)c1cc(-c2cncnc2)ccc1F. The number of benzene rings is 2. The molecule has 0 aliphatic rings. The maximum atomic E-state index is 14.8. The van der Waals surface area contributed by atoms with Gasteiger partial charge in [-0.1, -0.05) is 23.7 Å². The van der Waals surface area contributed by atoms with E-state index >= 15 is 0 Å². The first-order chi connectivity index (χ1) is 16.1. The Morgan fingerprint density at radius 3 is 2.33 bits per heavy atom. The van der Waals surface area contributed by atoms with E-state index in [9.17, 15) is 4.39 Å². The fourth-order valence-corrected chi connectivity index (χ4v) is 4.04. The molecule has 0 aliphatic heterocycles. The van der Waals surface area contributed by atoms with Crippen LogP contribution in [0.2, 0.25) is 5.02 Å². The van der Waals surface area contributed by atoms with E-state index in [-0.39, 0.29) is 11.9 Å². The molecule has 1 N–H and O–H groups in total. The molecule has 0 bridgehead atoms. The zero-order chi connectivity index (χ0) is 22.8. The topological polar surface area (TPSA) is 63.6 Å². The molecule has 33 heavy (non-hydrogen) atoms. The van der Waals surface area contributed by atoms with Crippen molar-refractivity contribution in [2.45, 2.75) is 13.0 Å². The molecular weight excluding hydrogens is 437 g/mol. The molecule has 0 aliphatic carbocycles. The van der Waals surface area contributed by atoms with E-state index in [0.29, 0.717) is 16.3 Å². The van der Waals surface area contributed by atoms with Crippen molar-refractivity contribution in [1.82, 2.24) is 19.9 Å². The summed E-state index contributed by atoms with van der Waals surface area (Å²) in [6.07, 6.45) is 10.00. The third kappa shape index (κ3) is 4.25. The molecule has 1 atom stereocenters. The lowest BCUT2D eigenvalue weighted by Crippen LogP contribution is -2.10. The molecule has 0 spiro atoms. The van der Waals surface area contributed by atoms with Crippen LogP contribution in [0.4, 0.5) is 10.1 Å². The van der Waals surface area contributed by atoms with E-state index < -0.39 is 0 Å². The molecule has 0 amide bonds. The summed E-state index contributed by atoms with van der Waals surface area (Å²) in [5.74, 6) is -0.303. The number of pyridine rings is 2. The first-order valence-corrected chi connectivity index (χ1v) is 10.8. The van der Waals surface area contributed by atoms with Crippen molar-refractivity contribution in [2.75, 3.05) is 5.32 Å². The normalized spacial score (nSPS) is 12.0. The number of hydrogen-bond acceptors (Lipinski definition) is 5. The van der Waals surface area contributed by atoms with Gasteiger partial charge in [0.1, 0.15) is 12.1 Å². The second-order valence-corrected chi connectivity index (χ2v) is 8.09. The van der Waals surface area contributed by atoms with Crippen LogP contribution in [0.3, 0.4) is 0 Å². The summed E-state index contributed by atoms with van der Waals surface area (Å²) in [6, 6.07) is 14.5. The molecule has 162 valence electrons. The van der Waals surface area contributed by atoms with Crippen molar-refractivity contribution >= 4 is 28.2 Å². The highest BCUT2D eigenvalue weighted by Gasteiger charge is 2.16. The van der Waals surface area contributed by atoms with Gasteiger partial charge in [0, 0.05) is 47.5 Å². The van der Waals surface area contributed by atoms with Gasteiger partial charge in [0.2, 0.25) is 0 Å². The average Bonchev–Trinajstić information content (AvgIpc) is 2.86. The van der Waals surface area contributed by atoms with E-state index in [2.05, 4.69) is 25.3 Å². The molecular formula is C26H19ClFN5. The van der Waals surface area contributed by atoms with Crippen LogP contribution >= 0.6 is 11.6 Å². The number of aromatic nitrogens is 4. The third-order valence-corrected chi connectivity index (χ3v) is 5.84. The molecule has 2 aromatic carbocycles. The number of nitrogens with one attached hydrogen (secondary N) is 1. The Balaban J connectivity index is 1.54. The first-order valence-electron chi connectivity index (χ1n) is 10.4. The number of nitrogens with zero attached hydrogens (tertiary/aromatic N) is 4. The van der Waals surface area contributed by atoms with Crippen molar-refractivity contribution in [1.29, 1.82) is 0 Å². The first kappa shape index (κ1) is 21.0. The summed E-state index contributed by atoms with van der Waals surface area (Å²) < 4.78 is 14.8. The average molecular weight is 456 g/mol. The van der Waals surface area contributed by atoms with Gasteiger partial charge in [0.05, 0.1) is 22.3 Å². The zero-order valence-electron chi connectivity index (χ0n) is 17.7. The highest BCUT2D eigenvalue weighted by molar-refractivity contribution is 6.34. The fourth-order valence-electron chi connectivity index (χ4n) is 3.84. The van der Waals surface area contributed by atoms with Gasteiger partial charge in [-0.3, -0.25) is 9.97 Å². The van der Waals surface area contributed by atoms with Crippen LogP contribution in [0.1, 0.15) is 18.5 Å². The van der Waals surface area contributed by atoms with E-state index in [1.807, 2.05) is 43.3 Å². The molecule has 5 aromatic rings. The molecule has 0 saturated carbocycles. The largest absolute Gasteiger partial charge is 0.377 e. The molecule has 5 nitrogen and oxygen atoms in total. The quantitative estimate of drug-likeness (QED) is 0.318. The van der Waals surface area contributed by atoms with Crippen molar-refractivity contribution in [3.8, 4) is 22.3 Å². The molecule has 0 radical (unpaired) electrons. The Morgan fingerprint density at radius 1 is 0.818 bits per heavy atom. The number of hydrogen-bond donors (Lipinski definition) is 1. The van der Waals surface area contributed by atoms with Crippen LogP contribution in [0.15, 0.2) is 85.8 Å². The highest BCUT2D eigenvalue weighted by atomic mass is 35.5. The summed E-state index contributed by atoms with van der Waals surface area (Å²) in [6.45, 7) is 1.90. The number of halogens is 2. The summed E-state index contributed by atoms with van der Waals surface area (Å²) in [7, 11) is 0. The van der Waals surface area contributed by atoms with Gasteiger partial charge in [-0.2, -0.15) is 0 Å². The molecule has 7 heteroatoms. The summed E-state index contributed by atoms with van der Waals surface area (Å²) in [4.78, 5) is 16.7. The fraction of sp³-hybridized carbons (Fsp3) is 0.0769. The number of fused-ring (bicyclic) bond motifs is 1. The van der Waals surface area contributed by atoms with Crippen LogP contribution in [-0.4, -0.2) is 19.9 Å². The third-order valence-electron chi connectivity index (χ3n) is 5.55. The molecule has 0 fully saturated rings. The van der Waals surface area contributed by atoms with Crippen LogP contribution in [-0.2, 0) is 0 Å². The molecule has 1 unspecified atom stereocenters. The number of rotatable bonds is 5. The van der Waals surface area contributed by atoms with E-state index in [1.54, 1.807) is 37.1 Å².